The van der Waals surface area contributed by atoms with Crippen LogP contribution in [0.25, 0.3) is 22.4 Å². The summed E-state index contributed by atoms with van der Waals surface area (Å²) in [5.74, 6) is -0.835. The number of rotatable bonds is 7. The lowest BCUT2D eigenvalue weighted by atomic mass is 10.0. The van der Waals surface area contributed by atoms with Gasteiger partial charge in [0, 0.05) is 30.6 Å². The Hall–Kier alpha value is -5.17. The second kappa shape index (κ2) is 13.4. The number of likely N-dealkylation sites (tertiary alicyclic amines) is 1. The van der Waals surface area contributed by atoms with E-state index in [2.05, 4.69) is 20.3 Å². The molecule has 2 aromatic heterocycles. The summed E-state index contributed by atoms with van der Waals surface area (Å²) >= 11 is 0. The highest BCUT2D eigenvalue weighted by atomic mass is 32.2. The van der Waals surface area contributed by atoms with E-state index in [4.69, 9.17) is 10.00 Å². The number of nitrogens with zero attached hydrogens (tertiary/aromatic N) is 7. The molecule has 0 unspecified atom stereocenters. The quantitative estimate of drug-likeness (QED) is 0.269. The number of carbonyl (C=O) groups is 1. The van der Waals surface area contributed by atoms with Gasteiger partial charge in [0.1, 0.15) is 28.8 Å². The van der Waals surface area contributed by atoms with Crippen molar-refractivity contribution >= 4 is 44.6 Å². The first kappa shape index (κ1) is 35.1. The van der Waals surface area contributed by atoms with Crippen molar-refractivity contribution < 1.29 is 26.7 Å². The summed E-state index contributed by atoms with van der Waals surface area (Å²) in [5.41, 5.74) is -0.808. The highest BCUT2D eigenvalue weighted by Gasteiger charge is 2.33. The molecular weight excluding hydrogens is 658 g/mol. The van der Waals surface area contributed by atoms with Crippen molar-refractivity contribution in [3.8, 4) is 17.3 Å². The molecule has 2 aromatic carbocycles. The van der Waals surface area contributed by atoms with Crippen LogP contribution < -0.4 is 15.2 Å². The number of amides is 1. The van der Waals surface area contributed by atoms with Crippen molar-refractivity contribution in [1.29, 1.82) is 5.26 Å². The fraction of sp³-hybridized carbons (Fsp3) is 0.394. The Kier molecular flexibility index (Phi) is 9.60. The number of sulfonamides is 1. The van der Waals surface area contributed by atoms with E-state index < -0.39 is 51.3 Å². The fourth-order valence-corrected chi connectivity index (χ4v) is 6.55. The number of anilines is 3. The molecule has 0 bridgehead atoms. The molecule has 0 saturated carbocycles. The molecule has 3 heterocycles. The molecule has 0 aliphatic carbocycles. The molecule has 5 rings (SSSR count). The SMILES string of the molecule is CC(C)n1c(=O)c(-c2ccc(N(c3ccc(C#N)cc3)S(C)(=O)=O)c(F)c2)nc2cnc(N[C@H]3C[C@H](F)CN(C(=O)OC(C)(C)C)C3)nc21. The molecule has 0 radical (unpaired) electrons. The molecule has 2 atom stereocenters. The molecule has 1 saturated heterocycles. The standard InChI is InChI=1S/C33H36F2N8O5S/c1-19(2)42-29-26(16-37-31(40-29)38-23-14-22(34)17-41(18-23)32(45)48-33(3,4)5)39-28(30(42)44)21-9-12-27(25(35)13-21)43(49(6,46)47)24-10-7-20(15-36)8-11-24/h7-13,16,19,22-23H,14,17-18H2,1-6H3,(H,37,38,40)/t22-,23-/m0/s1. The second-order valence-corrected chi connectivity index (χ2v) is 14.9. The van der Waals surface area contributed by atoms with Crippen LogP contribution in [0, 0.1) is 17.1 Å². The normalized spacial score (nSPS) is 16.8. The molecule has 1 aliphatic heterocycles. The minimum Gasteiger partial charge on any atom is -0.444 e. The van der Waals surface area contributed by atoms with Gasteiger partial charge in [0.05, 0.1) is 42.0 Å². The summed E-state index contributed by atoms with van der Waals surface area (Å²) in [7, 11) is -4.02. The lowest BCUT2D eigenvalue weighted by Crippen LogP contribution is -2.51. The maximum absolute atomic E-state index is 15.7. The number of nitriles is 1. The van der Waals surface area contributed by atoms with Gasteiger partial charge in [-0.2, -0.15) is 10.2 Å². The smallest absolute Gasteiger partial charge is 0.410 e. The summed E-state index contributed by atoms with van der Waals surface area (Å²) < 4.78 is 63.5. The minimum absolute atomic E-state index is 0.0939. The van der Waals surface area contributed by atoms with E-state index in [0.29, 0.717) is 5.56 Å². The highest BCUT2D eigenvalue weighted by Crippen LogP contribution is 2.33. The van der Waals surface area contributed by atoms with Crippen molar-refractivity contribution in [2.24, 2.45) is 0 Å². The fourth-order valence-electron chi connectivity index (χ4n) is 5.54. The van der Waals surface area contributed by atoms with E-state index in [1.807, 2.05) is 6.07 Å². The van der Waals surface area contributed by atoms with E-state index in [-0.39, 0.29) is 59.3 Å². The first-order valence-corrected chi connectivity index (χ1v) is 17.3. The zero-order valence-corrected chi connectivity index (χ0v) is 28.6. The third-order valence-corrected chi connectivity index (χ3v) is 8.61. The molecule has 16 heteroatoms. The van der Waals surface area contributed by atoms with Gasteiger partial charge >= 0.3 is 6.09 Å². The summed E-state index contributed by atoms with van der Waals surface area (Å²) in [6, 6.07) is 10.3. The van der Waals surface area contributed by atoms with Gasteiger partial charge in [0.2, 0.25) is 16.0 Å². The van der Waals surface area contributed by atoms with Crippen molar-refractivity contribution in [2.75, 3.05) is 29.0 Å². The average molecular weight is 695 g/mol. The van der Waals surface area contributed by atoms with Crippen LogP contribution in [0.15, 0.2) is 53.5 Å². The van der Waals surface area contributed by atoms with Crippen molar-refractivity contribution in [2.45, 2.75) is 64.9 Å². The summed E-state index contributed by atoms with van der Waals surface area (Å²) in [4.78, 5) is 41.0. The predicted octanol–water partition coefficient (Wildman–Crippen LogP) is 5.30. The van der Waals surface area contributed by atoms with Gasteiger partial charge in [-0.25, -0.2) is 36.3 Å². The van der Waals surface area contributed by atoms with Gasteiger partial charge in [-0.15, -0.1) is 0 Å². The van der Waals surface area contributed by atoms with E-state index in [1.165, 1.54) is 52.1 Å². The molecule has 13 nitrogen and oxygen atoms in total. The second-order valence-electron chi connectivity index (χ2n) is 13.0. The lowest BCUT2D eigenvalue weighted by Gasteiger charge is -2.36. The molecule has 1 amide bonds. The van der Waals surface area contributed by atoms with Gasteiger partial charge in [-0.3, -0.25) is 9.36 Å². The number of fused-ring (bicyclic) bond motifs is 1. The number of alkyl halides is 1. The van der Waals surface area contributed by atoms with Crippen molar-refractivity contribution in [3.05, 3.63) is 70.4 Å². The number of hydrogen-bond acceptors (Lipinski definition) is 10. The van der Waals surface area contributed by atoms with Gasteiger partial charge in [-0.1, -0.05) is 6.07 Å². The van der Waals surface area contributed by atoms with Gasteiger partial charge in [0.15, 0.2) is 5.65 Å². The first-order valence-electron chi connectivity index (χ1n) is 15.4. The molecule has 4 aromatic rings. The molecule has 1 aliphatic rings. The minimum atomic E-state index is -4.02. The summed E-state index contributed by atoms with van der Waals surface area (Å²) in [5, 5.41) is 12.2. The van der Waals surface area contributed by atoms with Crippen LogP contribution >= 0.6 is 0 Å². The van der Waals surface area contributed by atoms with Crippen molar-refractivity contribution in [3.63, 3.8) is 0 Å². The summed E-state index contributed by atoms with van der Waals surface area (Å²) in [6.45, 7) is 8.75. The van der Waals surface area contributed by atoms with E-state index in [9.17, 15) is 22.4 Å². The topological polar surface area (TPSA) is 163 Å². The van der Waals surface area contributed by atoms with Crippen LogP contribution in [0.1, 0.15) is 52.6 Å². The third kappa shape index (κ3) is 7.78. The lowest BCUT2D eigenvalue weighted by molar-refractivity contribution is 0.0124. The number of halogens is 2. The molecule has 49 heavy (non-hydrogen) atoms. The Morgan fingerprint density at radius 1 is 1.14 bits per heavy atom. The Labute approximate surface area is 282 Å². The van der Waals surface area contributed by atoms with E-state index in [0.717, 1.165) is 16.6 Å². The van der Waals surface area contributed by atoms with Crippen LogP contribution in [0.2, 0.25) is 0 Å². The van der Waals surface area contributed by atoms with Crippen LogP contribution in [-0.2, 0) is 14.8 Å². The number of benzene rings is 2. The molecule has 1 fully saturated rings. The Balaban J connectivity index is 1.48. The number of hydrogen-bond donors (Lipinski definition) is 1. The first-order chi connectivity index (χ1) is 22.9. The largest absolute Gasteiger partial charge is 0.444 e. The zero-order valence-electron chi connectivity index (χ0n) is 27.8. The van der Waals surface area contributed by atoms with Crippen LogP contribution in [-0.4, -0.2) is 76.1 Å². The third-order valence-electron chi connectivity index (χ3n) is 7.54. The zero-order chi connectivity index (χ0) is 35.8. The number of aromatic nitrogens is 4. The van der Waals surface area contributed by atoms with Crippen molar-refractivity contribution in [1.82, 2.24) is 24.4 Å². The molecular formula is C33H36F2N8O5S. The average Bonchev–Trinajstić information content (AvgIpc) is 3.00. The van der Waals surface area contributed by atoms with E-state index in [1.54, 1.807) is 34.6 Å². The Morgan fingerprint density at radius 2 is 1.84 bits per heavy atom. The number of piperidine rings is 1. The predicted molar refractivity (Wildman–Crippen MR) is 180 cm³/mol. The van der Waals surface area contributed by atoms with Gasteiger partial charge in [0.25, 0.3) is 5.56 Å². The Bertz CT molecular complexity index is 2110. The highest BCUT2D eigenvalue weighted by molar-refractivity contribution is 7.92. The maximum atomic E-state index is 15.7. The van der Waals surface area contributed by atoms with Crippen LogP contribution in [0.3, 0.4) is 0 Å². The summed E-state index contributed by atoms with van der Waals surface area (Å²) in [6.07, 6.45) is 0.467. The van der Waals surface area contributed by atoms with Gasteiger partial charge < -0.3 is 15.0 Å². The number of nitrogens with one attached hydrogen (secondary N) is 1. The molecule has 1 N–H and O–H groups in total. The monoisotopic (exact) mass is 694 g/mol. The Morgan fingerprint density at radius 3 is 2.43 bits per heavy atom. The number of carbonyl (C=O) groups excluding carboxylic acids is 1. The number of ether oxygens (including phenoxy) is 1. The van der Waals surface area contributed by atoms with Crippen LogP contribution in [0.4, 0.5) is 30.9 Å². The molecule has 258 valence electrons. The maximum Gasteiger partial charge on any atom is 0.410 e. The van der Waals surface area contributed by atoms with Crippen LogP contribution in [0.5, 0.6) is 0 Å². The van der Waals surface area contributed by atoms with E-state index >= 15 is 4.39 Å². The molecule has 0 spiro atoms. The van der Waals surface area contributed by atoms with Gasteiger partial charge in [-0.05, 0) is 71.0 Å².